The van der Waals surface area contributed by atoms with Gasteiger partial charge >= 0.3 is 0 Å². The van der Waals surface area contributed by atoms with Crippen molar-refractivity contribution < 1.29 is 0 Å². The summed E-state index contributed by atoms with van der Waals surface area (Å²) in [5, 5.41) is 16.9. The van der Waals surface area contributed by atoms with Crippen LogP contribution in [0.2, 0.25) is 0 Å². The van der Waals surface area contributed by atoms with Crippen molar-refractivity contribution in [3.8, 4) is 0 Å². The second-order valence-corrected chi connectivity index (χ2v) is 2.39. The molecule has 2 aromatic rings. The molecule has 0 saturated heterocycles. The van der Waals surface area contributed by atoms with Gasteiger partial charge in [0.05, 0.1) is 6.21 Å². The molecule has 0 unspecified atom stereocenters. The first-order chi connectivity index (χ1) is 6.95. The molecule has 0 aliphatic rings. The highest BCUT2D eigenvalue weighted by Crippen LogP contribution is 1.93. The maximum Gasteiger partial charge on any atom is 0.283 e. The van der Waals surface area contributed by atoms with E-state index in [-0.39, 0.29) is 0 Å². The maximum atomic E-state index is 3.90. The Morgan fingerprint density at radius 1 is 1.36 bits per heavy atom. The van der Waals surface area contributed by atoms with Crippen LogP contribution in [0.5, 0.6) is 0 Å². The number of pyridine rings is 1. The predicted octanol–water partition coefficient (Wildman–Crippen LogP) is 0.0407. The average molecular weight is 189 g/mol. The van der Waals surface area contributed by atoms with E-state index in [0.717, 1.165) is 5.56 Å². The molecule has 2 N–H and O–H groups in total. The first-order valence-corrected chi connectivity index (χ1v) is 3.88. The van der Waals surface area contributed by atoms with Crippen LogP contribution in [0, 0.1) is 0 Å². The van der Waals surface area contributed by atoms with E-state index in [9.17, 15) is 0 Å². The number of hydrogen-bond donors (Lipinski definition) is 2. The summed E-state index contributed by atoms with van der Waals surface area (Å²) < 4.78 is 0. The molecule has 0 aliphatic heterocycles. The van der Waals surface area contributed by atoms with E-state index in [0.29, 0.717) is 5.95 Å². The highest BCUT2D eigenvalue weighted by molar-refractivity contribution is 5.79. The van der Waals surface area contributed by atoms with Gasteiger partial charge in [-0.1, -0.05) is 5.10 Å². The van der Waals surface area contributed by atoms with Crippen LogP contribution in [0.3, 0.4) is 0 Å². The molecule has 0 amide bonds. The van der Waals surface area contributed by atoms with Gasteiger partial charge in [0, 0.05) is 12.4 Å². The molecule has 70 valence electrons. The number of anilines is 1. The molecule has 0 aromatic carbocycles. The molecule has 2 rings (SSSR count). The first-order valence-electron chi connectivity index (χ1n) is 3.88. The number of rotatable bonds is 3. The third kappa shape index (κ3) is 2.09. The lowest BCUT2D eigenvalue weighted by atomic mass is 10.3. The second-order valence-electron chi connectivity index (χ2n) is 2.39. The minimum absolute atomic E-state index is 0.329. The summed E-state index contributed by atoms with van der Waals surface area (Å²) >= 11 is 0. The van der Waals surface area contributed by atoms with Crippen LogP contribution in [0.25, 0.3) is 0 Å². The summed E-state index contributed by atoms with van der Waals surface area (Å²) in [6, 6.07) is 3.67. The van der Waals surface area contributed by atoms with Crippen molar-refractivity contribution in [1.29, 1.82) is 0 Å². The quantitative estimate of drug-likeness (QED) is 0.525. The van der Waals surface area contributed by atoms with Gasteiger partial charge in [-0.15, -0.1) is 5.10 Å². The minimum atomic E-state index is 0.329. The number of H-pyrrole nitrogens is 1. The van der Waals surface area contributed by atoms with Gasteiger partial charge in [0.2, 0.25) is 0 Å². The topological polar surface area (TPSA) is 91.7 Å². The Bertz CT molecular complexity index is 393. The average Bonchev–Trinajstić information content (AvgIpc) is 2.72. The van der Waals surface area contributed by atoms with Crippen LogP contribution in [0.4, 0.5) is 5.95 Å². The molecule has 2 aromatic heterocycles. The summed E-state index contributed by atoms with van der Waals surface area (Å²) in [6.45, 7) is 0. The van der Waals surface area contributed by atoms with E-state index in [4.69, 9.17) is 0 Å². The Kier molecular flexibility index (Phi) is 2.42. The Labute approximate surface area is 79.3 Å². The highest BCUT2D eigenvalue weighted by atomic mass is 15.5. The molecule has 0 fully saturated rings. The molecule has 0 saturated carbocycles. The SMILES string of the molecule is C(=N\Nc1nn[nH]n1)/c1ccncc1. The summed E-state index contributed by atoms with van der Waals surface area (Å²) in [4.78, 5) is 3.88. The van der Waals surface area contributed by atoms with E-state index in [1.807, 2.05) is 12.1 Å². The standard InChI is InChI=1S/C7H7N7/c1-3-8-4-2-6(1)5-9-10-7-11-13-14-12-7/h1-5H,(H2,10,11,12,13,14)/b9-5+. The molecular formula is C7H7N7. The van der Waals surface area contributed by atoms with Crippen LogP contribution >= 0.6 is 0 Å². The number of aromatic amines is 1. The Hall–Kier alpha value is -2.31. The molecule has 0 atom stereocenters. The van der Waals surface area contributed by atoms with Crippen LogP contribution in [-0.2, 0) is 0 Å². The lowest BCUT2D eigenvalue weighted by molar-refractivity contribution is 0.881. The Morgan fingerprint density at radius 3 is 2.93 bits per heavy atom. The van der Waals surface area contributed by atoms with Crippen molar-refractivity contribution in [2.45, 2.75) is 0 Å². The molecular weight excluding hydrogens is 182 g/mol. The number of hydrazone groups is 1. The number of nitrogens with zero attached hydrogens (tertiary/aromatic N) is 5. The fourth-order valence-electron chi connectivity index (χ4n) is 0.823. The first kappa shape index (κ1) is 8.30. The normalized spacial score (nSPS) is 10.6. The zero-order valence-corrected chi connectivity index (χ0v) is 7.12. The molecule has 0 aliphatic carbocycles. The van der Waals surface area contributed by atoms with E-state index in [1.165, 1.54) is 0 Å². The van der Waals surface area contributed by atoms with Gasteiger partial charge in [0.25, 0.3) is 5.95 Å². The van der Waals surface area contributed by atoms with Gasteiger partial charge in [-0.25, -0.2) is 5.43 Å². The number of aromatic nitrogens is 5. The van der Waals surface area contributed by atoms with Gasteiger partial charge in [-0.3, -0.25) is 4.98 Å². The fourth-order valence-corrected chi connectivity index (χ4v) is 0.823. The molecule has 0 radical (unpaired) electrons. The van der Waals surface area contributed by atoms with Gasteiger partial charge in [-0.2, -0.15) is 10.3 Å². The molecule has 7 heteroatoms. The molecule has 7 nitrogen and oxygen atoms in total. The third-order valence-electron chi connectivity index (χ3n) is 1.43. The monoisotopic (exact) mass is 189 g/mol. The van der Waals surface area contributed by atoms with Crippen molar-refractivity contribution >= 4 is 12.2 Å². The van der Waals surface area contributed by atoms with Crippen LogP contribution in [0.1, 0.15) is 5.56 Å². The van der Waals surface area contributed by atoms with E-state index >= 15 is 0 Å². The Morgan fingerprint density at radius 2 is 2.21 bits per heavy atom. The largest absolute Gasteiger partial charge is 0.283 e. The summed E-state index contributed by atoms with van der Waals surface area (Å²) in [7, 11) is 0. The zero-order chi connectivity index (χ0) is 9.64. The minimum Gasteiger partial charge on any atom is -0.265 e. The lowest BCUT2D eigenvalue weighted by Gasteiger charge is -1.90. The molecule has 0 spiro atoms. The molecule has 2 heterocycles. The van der Waals surface area contributed by atoms with Gasteiger partial charge in [0.1, 0.15) is 0 Å². The maximum absolute atomic E-state index is 3.90. The van der Waals surface area contributed by atoms with Crippen molar-refractivity contribution in [3.05, 3.63) is 30.1 Å². The summed E-state index contributed by atoms with van der Waals surface area (Å²) in [5.41, 5.74) is 3.55. The van der Waals surface area contributed by atoms with Gasteiger partial charge in [0.15, 0.2) is 0 Å². The van der Waals surface area contributed by atoms with Gasteiger partial charge < -0.3 is 0 Å². The zero-order valence-electron chi connectivity index (χ0n) is 7.12. The van der Waals surface area contributed by atoms with E-state index < -0.39 is 0 Å². The van der Waals surface area contributed by atoms with Crippen molar-refractivity contribution in [1.82, 2.24) is 25.6 Å². The summed E-state index contributed by atoms with van der Waals surface area (Å²) in [6.07, 6.45) is 5.02. The Balaban J connectivity index is 1.96. The highest BCUT2D eigenvalue weighted by Gasteiger charge is 1.91. The smallest absolute Gasteiger partial charge is 0.265 e. The summed E-state index contributed by atoms with van der Waals surface area (Å²) in [5.74, 6) is 0.329. The number of hydrogen-bond acceptors (Lipinski definition) is 6. The van der Waals surface area contributed by atoms with Crippen molar-refractivity contribution in [2.75, 3.05) is 5.43 Å². The van der Waals surface area contributed by atoms with Crippen LogP contribution in [-0.4, -0.2) is 31.8 Å². The number of tetrazole rings is 1. The van der Waals surface area contributed by atoms with Gasteiger partial charge in [-0.05, 0) is 22.9 Å². The molecule has 14 heavy (non-hydrogen) atoms. The van der Waals surface area contributed by atoms with E-state index in [1.54, 1.807) is 18.6 Å². The lowest BCUT2D eigenvalue weighted by Crippen LogP contribution is -1.92. The van der Waals surface area contributed by atoms with Crippen LogP contribution in [0.15, 0.2) is 29.6 Å². The fraction of sp³-hybridized carbons (Fsp3) is 0. The molecule has 0 bridgehead atoms. The van der Waals surface area contributed by atoms with E-state index in [2.05, 4.69) is 36.1 Å². The van der Waals surface area contributed by atoms with Crippen molar-refractivity contribution in [3.63, 3.8) is 0 Å². The second kappa shape index (κ2) is 4.08. The van der Waals surface area contributed by atoms with Crippen molar-refractivity contribution in [2.24, 2.45) is 5.10 Å². The predicted molar refractivity (Wildman–Crippen MR) is 49.6 cm³/mol. The van der Waals surface area contributed by atoms with Crippen LogP contribution < -0.4 is 5.43 Å². The third-order valence-corrected chi connectivity index (χ3v) is 1.43. The number of nitrogens with one attached hydrogen (secondary N) is 2.